The van der Waals surface area contributed by atoms with Gasteiger partial charge in [0.05, 0.1) is 21.8 Å². The maximum Gasteiger partial charge on any atom is 0.0962 e. The predicted octanol–water partition coefficient (Wildman–Crippen LogP) is 2.27. The molecule has 61 valence electrons. The molecule has 2 rings (SSSR count). The zero-order valence-corrected chi connectivity index (χ0v) is 7.30. The normalized spacial score (nSPS) is 10.8. The van der Waals surface area contributed by atoms with Crippen molar-refractivity contribution in [3.05, 3.63) is 29.3 Å². The fourth-order valence-electron chi connectivity index (χ4n) is 1.11. The summed E-state index contributed by atoms with van der Waals surface area (Å²) in [6.45, 7) is -0.0696. The van der Waals surface area contributed by atoms with E-state index in [1.54, 1.807) is 11.3 Å². The van der Waals surface area contributed by atoms with Gasteiger partial charge in [-0.15, -0.1) is 11.3 Å². The highest BCUT2D eigenvalue weighted by atomic mass is 32.1. The molecule has 0 unspecified atom stereocenters. The minimum absolute atomic E-state index is 0.0696. The van der Waals surface area contributed by atoms with E-state index < -0.39 is 0 Å². The molecule has 0 amide bonds. The van der Waals surface area contributed by atoms with Crippen LogP contribution >= 0.6 is 11.3 Å². The number of fused-ring (bicyclic) bond motifs is 1. The predicted molar refractivity (Wildman–Crippen MR) is 48.9 cm³/mol. The Kier molecular flexibility index (Phi) is 2.06. The molecule has 0 atom stereocenters. The highest BCUT2D eigenvalue weighted by Gasteiger charge is 2.01. The van der Waals surface area contributed by atoms with Gasteiger partial charge in [0, 0.05) is 6.42 Å². The molecule has 0 spiro atoms. The molecule has 1 radical (unpaired) electrons. The zero-order valence-electron chi connectivity index (χ0n) is 6.49. The molecular weight excluding hydrogens is 170 g/mol. The van der Waals surface area contributed by atoms with Gasteiger partial charge in [-0.1, -0.05) is 12.1 Å². The SMILES string of the molecule is [O]CCc1nc2ccccc2s1. The Hall–Kier alpha value is -0.930. The number of thiazole rings is 1. The van der Waals surface area contributed by atoms with Gasteiger partial charge in [-0.3, -0.25) is 0 Å². The van der Waals surface area contributed by atoms with Crippen LogP contribution in [0.25, 0.3) is 10.2 Å². The molecule has 1 aromatic heterocycles. The Bertz CT molecular complexity index is 350. The Morgan fingerprint density at radius 2 is 2.17 bits per heavy atom. The average Bonchev–Trinajstić information content (AvgIpc) is 2.47. The first-order valence-corrected chi connectivity index (χ1v) is 4.64. The molecule has 0 N–H and O–H groups in total. The first kappa shape index (κ1) is 7.71. The number of hydrogen-bond donors (Lipinski definition) is 0. The van der Waals surface area contributed by atoms with E-state index in [9.17, 15) is 5.11 Å². The van der Waals surface area contributed by atoms with E-state index in [1.807, 2.05) is 24.3 Å². The first-order chi connectivity index (χ1) is 5.90. The van der Waals surface area contributed by atoms with Gasteiger partial charge in [0.15, 0.2) is 0 Å². The van der Waals surface area contributed by atoms with E-state index in [4.69, 9.17) is 0 Å². The second kappa shape index (κ2) is 3.21. The number of para-hydroxylation sites is 1. The van der Waals surface area contributed by atoms with Crippen molar-refractivity contribution in [2.24, 2.45) is 0 Å². The van der Waals surface area contributed by atoms with Crippen molar-refractivity contribution in [3.8, 4) is 0 Å². The maximum atomic E-state index is 10.3. The lowest BCUT2D eigenvalue weighted by Gasteiger charge is -1.83. The molecule has 12 heavy (non-hydrogen) atoms. The van der Waals surface area contributed by atoms with E-state index in [0.717, 1.165) is 10.5 Å². The van der Waals surface area contributed by atoms with E-state index >= 15 is 0 Å². The molecular formula is C9H8NOS. The third kappa shape index (κ3) is 1.33. The van der Waals surface area contributed by atoms with Crippen molar-refractivity contribution in [1.82, 2.24) is 4.98 Å². The molecule has 2 nitrogen and oxygen atoms in total. The van der Waals surface area contributed by atoms with Gasteiger partial charge in [0.25, 0.3) is 0 Å². The van der Waals surface area contributed by atoms with E-state index in [-0.39, 0.29) is 6.61 Å². The largest absolute Gasteiger partial charge is 0.241 e. The summed E-state index contributed by atoms with van der Waals surface area (Å²) < 4.78 is 1.17. The van der Waals surface area contributed by atoms with Crippen molar-refractivity contribution in [1.29, 1.82) is 0 Å². The van der Waals surface area contributed by atoms with Crippen LogP contribution in [0.1, 0.15) is 5.01 Å². The van der Waals surface area contributed by atoms with Crippen molar-refractivity contribution in [3.63, 3.8) is 0 Å². The summed E-state index contributed by atoms with van der Waals surface area (Å²) in [6, 6.07) is 7.95. The van der Waals surface area contributed by atoms with Gasteiger partial charge in [-0.2, -0.15) is 0 Å². The Labute approximate surface area is 74.5 Å². The number of aromatic nitrogens is 1. The van der Waals surface area contributed by atoms with Crippen LogP contribution in [0.15, 0.2) is 24.3 Å². The van der Waals surface area contributed by atoms with E-state index in [1.165, 1.54) is 4.70 Å². The quantitative estimate of drug-likeness (QED) is 0.694. The lowest BCUT2D eigenvalue weighted by molar-refractivity contribution is 0.197. The fraction of sp³-hybridized carbons (Fsp3) is 0.222. The summed E-state index contributed by atoms with van der Waals surface area (Å²) in [5, 5.41) is 11.3. The summed E-state index contributed by atoms with van der Waals surface area (Å²) in [4.78, 5) is 4.32. The minimum atomic E-state index is -0.0696. The van der Waals surface area contributed by atoms with Crippen LogP contribution in [0.5, 0.6) is 0 Å². The van der Waals surface area contributed by atoms with E-state index in [2.05, 4.69) is 4.98 Å². The molecule has 0 bridgehead atoms. The van der Waals surface area contributed by atoms with Gasteiger partial charge >= 0.3 is 0 Å². The van der Waals surface area contributed by atoms with Gasteiger partial charge in [-0.05, 0) is 12.1 Å². The lowest BCUT2D eigenvalue weighted by atomic mass is 10.3. The number of benzene rings is 1. The summed E-state index contributed by atoms with van der Waals surface area (Å²) >= 11 is 1.61. The number of nitrogens with zero attached hydrogens (tertiary/aromatic N) is 1. The molecule has 0 aliphatic carbocycles. The summed E-state index contributed by atoms with van der Waals surface area (Å²) in [5.74, 6) is 0. The average molecular weight is 178 g/mol. The van der Waals surface area contributed by atoms with Crippen molar-refractivity contribution < 1.29 is 5.11 Å². The van der Waals surface area contributed by atoms with Crippen LogP contribution in [0.2, 0.25) is 0 Å². The third-order valence-electron chi connectivity index (χ3n) is 1.65. The number of rotatable bonds is 2. The van der Waals surface area contributed by atoms with Crippen LogP contribution in [0, 0.1) is 0 Å². The topological polar surface area (TPSA) is 32.8 Å². The second-order valence-electron chi connectivity index (χ2n) is 2.53. The van der Waals surface area contributed by atoms with Gasteiger partial charge < -0.3 is 0 Å². The fourth-order valence-corrected chi connectivity index (χ4v) is 2.06. The van der Waals surface area contributed by atoms with Crippen molar-refractivity contribution >= 4 is 21.6 Å². The molecule has 3 heteroatoms. The van der Waals surface area contributed by atoms with Gasteiger partial charge in [-0.25, -0.2) is 10.1 Å². The van der Waals surface area contributed by atoms with Crippen molar-refractivity contribution in [2.45, 2.75) is 6.42 Å². The van der Waals surface area contributed by atoms with Crippen LogP contribution in [0.3, 0.4) is 0 Å². The molecule has 1 aromatic carbocycles. The molecule has 0 aliphatic rings. The Balaban J connectivity index is 2.47. The minimum Gasteiger partial charge on any atom is -0.241 e. The summed E-state index contributed by atoms with van der Waals surface area (Å²) in [6.07, 6.45) is 0.555. The van der Waals surface area contributed by atoms with Crippen LogP contribution in [-0.2, 0) is 11.5 Å². The molecule has 1 heterocycles. The monoisotopic (exact) mass is 178 g/mol. The lowest BCUT2D eigenvalue weighted by Crippen LogP contribution is -1.85. The molecule has 0 saturated carbocycles. The number of hydrogen-bond acceptors (Lipinski definition) is 2. The highest BCUT2D eigenvalue weighted by molar-refractivity contribution is 7.18. The highest BCUT2D eigenvalue weighted by Crippen LogP contribution is 2.21. The zero-order chi connectivity index (χ0) is 8.39. The smallest absolute Gasteiger partial charge is 0.0962 e. The van der Waals surface area contributed by atoms with Crippen LogP contribution in [-0.4, -0.2) is 11.6 Å². The molecule has 0 fully saturated rings. The Morgan fingerprint density at radius 1 is 1.33 bits per heavy atom. The Morgan fingerprint density at radius 3 is 2.92 bits per heavy atom. The summed E-state index contributed by atoms with van der Waals surface area (Å²) in [7, 11) is 0. The van der Waals surface area contributed by atoms with Gasteiger partial charge in [0.1, 0.15) is 0 Å². The summed E-state index contributed by atoms with van der Waals surface area (Å²) in [5.41, 5.74) is 1.01. The van der Waals surface area contributed by atoms with Crippen molar-refractivity contribution in [2.75, 3.05) is 6.61 Å². The van der Waals surface area contributed by atoms with Crippen LogP contribution < -0.4 is 0 Å². The van der Waals surface area contributed by atoms with Gasteiger partial charge in [0.2, 0.25) is 0 Å². The molecule has 0 aliphatic heterocycles. The second-order valence-corrected chi connectivity index (χ2v) is 3.64. The maximum absolute atomic E-state index is 10.3. The first-order valence-electron chi connectivity index (χ1n) is 3.83. The third-order valence-corrected chi connectivity index (χ3v) is 2.75. The van der Waals surface area contributed by atoms with Crippen LogP contribution in [0.4, 0.5) is 0 Å². The standard InChI is InChI=1S/C9H8NOS/c11-6-5-9-10-7-3-1-2-4-8(7)12-9/h1-4H,5-6H2. The molecule has 0 saturated heterocycles. The molecule has 2 aromatic rings. The van der Waals surface area contributed by atoms with E-state index in [0.29, 0.717) is 6.42 Å².